The van der Waals surface area contributed by atoms with Crippen molar-refractivity contribution in [2.75, 3.05) is 17.3 Å². The lowest BCUT2D eigenvalue weighted by Crippen LogP contribution is -2.41. The normalized spacial score (nSPS) is 12.3. The van der Waals surface area contributed by atoms with Crippen molar-refractivity contribution in [3.8, 4) is 0 Å². The first-order chi connectivity index (χ1) is 9.22. The molecule has 1 N–H and O–H groups in total. The largest absolute Gasteiger partial charge is 0.548 e. The summed E-state index contributed by atoms with van der Waals surface area (Å²) in [4.78, 5) is 19.4. The molecule has 1 atom stereocenters. The van der Waals surface area contributed by atoms with Crippen molar-refractivity contribution in [2.45, 2.75) is 12.5 Å². The number of para-hydroxylation sites is 1. The zero-order valence-electron chi connectivity index (χ0n) is 10.5. The van der Waals surface area contributed by atoms with Crippen LogP contribution in [-0.2, 0) is 4.79 Å². The molecular formula is C13H14N3O2S-. The lowest BCUT2D eigenvalue weighted by atomic mass is 10.2. The van der Waals surface area contributed by atoms with E-state index < -0.39 is 12.0 Å². The topological polar surface area (TPSA) is 77.9 Å². The molecule has 0 aliphatic heterocycles. The highest BCUT2D eigenvalue weighted by atomic mass is 32.2. The second kappa shape index (κ2) is 6.38. The Labute approximate surface area is 115 Å². The second-order valence-corrected chi connectivity index (χ2v) is 5.02. The first kappa shape index (κ1) is 13.6. The van der Waals surface area contributed by atoms with E-state index in [1.165, 1.54) is 6.33 Å². The van der Waals surface area contributed by atoms with Crippen LogP contribution in [0.1, 0.15) is 6.42 Å². The molecule has 0 saturated carbocycles. The predicted octanol–water partition coefficient (Wildman–Crippen LogP) is 0.913. The van der Waals surface area contributed by atoms with Gasteiger partial charge in [0, 0.05) is 5.39 Å². The molecule has 0 spiro atoms. The molecule has 1 heterocycles. The van der Waals surface area contributed by atoms with Gasteiger partial charge in [0.05, 0.1) is 17.5 Å². The fourth-order valence-corrected chi connectivity index (χ4v) is 2.24. The molecule has 0 unspecified atom stereocenters. The number of hydrogen-bond donors (Lipinski definition) is 1. The average molecular weight is 276 g/mol. The summed E-state index contributed by atoms with van der Waals surface area (Å²) in [6, 6.07) is 6.72. The second-order valence-electron chi connectivity index (χ2n) is 4.04. The molecule has 2 rings (SSSR count). The molecule has 0 bridgehead atoms. The van der Waals surface area contributed by atoms with Gasteiger partial charge in [-0.25, -0.2) is 9.97 Å². The first-order valence-corrected chi connectivity index (χ1v) is 7.28. The number of aliphatic carboxylic acids is 1. The van der Waals surface area contributed by atoms with E-state index in [0.717, 1.165) is 16.7 Å². The van der Waals surface area contributed by atoms with Gasteiger partial charge < -0.3 is 15.2 Å². The monoisotopic (exact) mass is 276 g/mol. The quantitative estimate of drug-likeness (QED) is 0.845. The van der Waals surface area contributed by atoms with Crippen LogP contribution in [0.2, 0.25) is 0 Å². The highest BCUT2D eigenvalue weighted by Crippen LogP contribution is 2.19. The van der Waals surface area contributed by atoms with Crippen LogP contribution < -0.4 is 10.4 Å². The summed E-state index contributed by atoms with van der Waals surface area (Å²) in [6.45, 7) is 0. The first-order valence-electron chi connectivity index (χ1n) is 5.88. The Morgan fingerprint density at radius 2 is 2.21 bits per heavy atom. The van der Waals surface area contributed by atoms with E-state index in [-0.39, 0.29) is 0 Å². The van der Waals surface area contributed by atoms with Crippen molar-refractivity contribution in [2.24, 2.45) is 0 Å². The minimum atomic E-state index is -1.11. The van der Waals surface area contributed by atoms with Gasteiger partial charge in [0.15, 0.2) is 0 Å². The SMILES string of the molecule is CSCC[C@@H](Nc1ncnc2ccccc12)C(=O)[O-]. The van der Waals surface area contributed by atoms with Gasteiger partial charge in [0.1, 0.15) is 12.1 Å². The van der Waals surface area contributed by atoms with E-state index in [1.54, 1.807) is 11.8 Å². The minimum absolute atomic E-state index is 0.488. The van der Waals surface area contributed by atoms with Gasteiger partial charge in [-0.2, -0.15) is 11.8 Å². The number of carboxylic acid groups (broad SMARTS) is 1. The van der Waals surface area contributed by atoms with Gasteiger partial charge in [0.2, 0.25) is 0 Å². The van der Waals surface area contributed by atoms with Gasteiger partial charge in [-0.1, -0.05) is 12.1 Å². The van der Waals surface area contributed by atoms with Crippen molar-refractivity contribution < 1.29 is 9.90 Å². The molecule has 0 aliphatic carbocycles. The molecule has 6 heteroatoms. The molecule has 2 aromatic rings. The fourth-order valence-electron chi connectivity index (χ4n) is 1.77. The number of carbonyl (C=O) groups excluding carboxylic acids is 1. The molecule has 0 saturated heterocycles. The molecule has 0 aliphatic rings. The van der Waals surface area contributed by atoms with Crippen LogP contribution in [0.3, 0.4) is 0 Å². The number of carboxylic acids is 1. The van der Waals surface area contributed by atoms with Crippen LogP contribution in [0.5, 0.6) is 0 Å². The van der Waals surface area contributed by atoms with Crippen molar-refractivity contribution in [1.29, 1.82) is 0 Å². The third-order valence-electron chi connectivity index (χ3n) is 2.75. The number of carbonyl (C=O) groups is 1. The summed E-state index contributed by atoms with van der Waals surface area (Å²) in [5.41, 5.74) is 0.780. The number of anilines is 1. The van der Waals surface area contributed by atoms with Crippen molar-refractivity contribution in [3.05, 3.63) is 30.6 Å². The van der Waals surface area contributed by atoms with Gasteiger partial charge in [-0.3, -0.25) is 0 Å². The Balaban J connectivity index is 2.26. The molecule has 0 amide bonds. The summed E-state index contributed by atoms with van der Waals surface area (Å²) in [5.74, 6) is 0.159. The molecule has 1 aromatic carbocycles. The summed E-state index contributed by atoms with van der Waals surface area (Å²) in [7, 11) is 0. The van der Waals surface area contributed by atoms with E-state index in [2.05, 4.69) is 15.3 Å². The van der Waals surface area contributed by atoms with Crippen LogP contribution in [0, 0.1) is 0 Å². The summed E-state index contributed by atoms with van der Waals surface area (Å²) >= 11 is 1.60. The third-order valence-corrected chi connectivity index (χ3v) is 3.39. The Morgan fingerprint density at radius 1 is 1.42 bits per heavy atom. The van der Waals surface area contributed by atoms with E-state index in [0.29, 0.717) is 12.2 Å². The zero-order chi connectivity index (χ0) is 13.7. The standard InChI is InChI=1S/C13H15N3O2S/c1-19-7-6-11(13(17)18)16-12-9-4-2-3-5-10(9)14-8-15-12/h2-5,8,11H,6-7H2,1H3,(H,17,18)(H,14,15,16)/p-1/t11-/m1/s1. The lowest BCUT2D eigenvalue weighted by Gasteiger charge is -2.20. The van der Waals surface area contributed by atoms with Crippen LogP contribution in [0.4, 0.5) is 5.82 Å². The van der Waals surface area contributed by atoms with Crippen molar-refractivity contribution in [1.82, 2.24) is 9.97 Å². The lowest BCUT2D eigenvalue weighted by molar-refractivity contribution is -0.306. The minimum Gasteiger partial charge on any atom is -0.548 e. The molecule has 100 valence electrons. The van der Waals surface area contributed by atoms with E-state index in [9.17, 15) is 9.90 Å². The summed E-state index contributed by atoms with van der Waals surface area (Å²) < 4.78 is 0. The third kappa shape index (κ3) is 3.35. The van der Waals surface area contributed by atoms with Gasteiger partial charge >= 0.3 is 0 Å². The molecule has 1 aromatic heterocycles. The van der Waals surface area contributed by atoms with Gasteiger partial charge in [-0.15, -0.1) is 0 Å². The van der Waals surface area contributed by atoms with Gasteiger partial charge in [-0.05, 0) is 30.6 Å². The highest BCUT2D eigenvalue weighted by molar-refractivity contribution is 7.98. The number of thioether (sulfide) groups is 1. The van der Waals surface area contributed by atoms with E-state index in [4.69, 9.17) is 0 Å². The van der Waals surface area contributed by atoms with Crippen molar-refractivity contribution in [3.63, 3.8) is 0 Å². The smallest absolute Gasteiger partial charge is 0.137 e. The Hall–Kier alpha value is -1.82. The Morgan fingerprint density at radius 3 is 2.95 bits per heavy atom. The van der Waals surface area contributed by atoms with Crippen LogP contribution >= 0.6 is 11.8 Å². The fraction of sp³-hybridized carbons (Fsp3) is 0.308. The molecule has 5 nitrogen and oxygen atoms in total. The molecule has 0 radical (unpaired) electrons. The van der Waals surface area contributed by atoms with Crippen LogP contribution in [-0.4, -0.2) is 34.0 Å². The van der Waals surface area contributed by atoms with Gasteiger partial charge in [0.25, 0.3) is 0 Å². The van der Waals surface area contributed by atoms with E-state index in [1.807, 2.05) is 30.5 Å². The summed E-state index contributed by atoms with van der Waals surface area (Å²) in [6.07, 6.45) is 3.85. The molecular weight excluding hydrogens is 262 g/mol. The Bertz CT molecular complexity index is 571. The number of nitrogens with zero attached hydrogens (tertiary/aromatic N) is 2. The number of aromatic nitrogens is 2. The maximum absolute atomic E-state index is 11.1. The Kier molecular flexibility index (Phi) is 4.57. The average Bonchev–Trinajstić information content (AvgIpc) is 2.43. The maximum Gasteiger partial charge on any atom is 0.137 e. The molecule has 19 heavy (non-hydrogen) atoms. The summed E-state index contributed by atoms with van der Waals surface area (Å²) in [5, 5.41) is 14.9. The van der Waals surface area contributed by atoms with Crippen LogP contribution in [0.25, 0.3) is 10.9 Å². The highest BCUT2D eigenvalue weighted by Gasteiger charge is 2.12. The maximum atomic E-state index is 11.1. The predicted molar refractivity (Wildman–Crippen MR) is 75.0 cm³/mol. The van der Waals surface area contributed by atoms with Crippen LogP contribution in [0.15, 0.2) is 30.6 Å². The number of nitrogens with one attached hydrogen (secondary N) is 1. The number of benzene rings is 1. The number of hydrogen-bond acceptors (Lipinski definition) is 6. The molecule has 0 fully saturated rings. The van der Waals surface area contributed by atoms with Crippen molar-refractivity contribution >= 4 is 34.5 Å². The zero-order valence-corrected chi connectivity index (χ0v) is 11.3. The number of fused-ring (bicyclic) bond motifs is 1. The van der Waals surface area contributed by atoms with E-state index >= 15 is 0 Å². The number of rotatable bonds is 6.